The third kappa shape index (κ3) is 2.92. The fourth-order valence-electron chi connectivity index (χ4n) is 2.32. The number of nitriles is 1. The SMILES string of the molecule is CC(N)N1CCCc2c1ccnc2C#CC(C)(C)C#N. The van der Waals surface area contributed by atoms with Gasteiger partial charge in [-0.1, -0.05) is 5.92 Å². The van der Waals surface area contributed by atoms with Crippen LogP contribution in [-0.4, -0.2) is 17.7 Å². The summed E-state index contributed by atoms with van der Waals surface area (Å²) in [5.74, 6) is 6.07. The van der Waals surface area contributed by atoms with Crippen molar-refractivity contribution in [2.24, 2.45) is 11.1 Å². The molecule has 2 heterocycles. The monoisotopic (exact) mass is 268 g/mol. The van der Waals surface area contributed by atoms with Crippen LogP contribution in [0.1, 0.15) is 38.4 Å². The summed E-state index contributed by atoms with van der Waals surface area (Å²) in [5.41, 5.74) is 8.42. The van der Waals surface area contributed by atoms with Gasteiger partial charge in [-0.3, -0.25) is 0 Å². The fraction of sp³-hybridized carbons (Fsp3) is 0.500. The zero-order valence-electron chi connectivity index (χ0n) is 12.3. The number of aromatic nitrogens is 1. The minimum Gasteiger partial charge on any atom is -0.356 e. The van der Waals surface area contributed by atoms with Crippen molar-refractivity contribution >= 4 is 5.69 Å². The highest BCUT2D eigenvalue weighted by Crippen LogP contribution is 2.29. The van der Waals surface area contributed by atoms with Crippen LogP contribution in [-0.2, 0) is 6.42 Å². The van der Waals surface area contributed by atoms with Crippen LogP contribution >= 0.6 is 0 Å². The Morgan fingerprint density at radius 1 is 1.50 bits per heavy atom. The van der Waals surface area contributed by atoms with Crippen LogP contribution in [0, 0.1) is 28.6 Å². The normalized spacial score (nSPS) is 15.7. The van der Waals surface area contributed by atoms with E-state index < -0.39 is 5.41 Å². The third-order valence-electron chi connectivity index (χ3n) is 3.43. The molecule has 0 spiro atoms. The summed E-state index contributed by atoms with van der Waals surface area (Å²) in [5, 5.41) is 9.03. The lowest BCUT2D eigenvalue weighted by Crippen LogP contribution is -2.43. The smallest absolute Gasteiger partial charge is 0.118 e. The van der Waals surface area contributed by atoms with Gasteiger partial charge in [-0.2, -0.15) is 5.26 Å². The molecule has 0 bridgehead atoms. The number of nitrogens with zero attached hydrogens (tertiary/aromatic N) is 3. The number of fused-ring (bicyclic) bond motifs is 1. The zero-order valence-corrected chi connectivity index (χ0v) is 12.3. The van der Waals surface area contributed by atoms with E-state index in [1.807, 2.05) is 26.8 Å². The van der Waals surface area contributed by atoms with Crippen molar-refractivity contribution in [3.05, 3.63) is 23.5 Å². The van der Waals surface area contributed by atoms with E-state index in [0.29, 0.717) is 0 Å². The van der Waals surface area contributed by atoms with Gasteiger partial charge in [-0.15, -0.1) is 0 Å². The average Bonchev–Trinajstić information content (AvgIpc) is 2.44. The van der Waals surface area contributed by atoms with Gasteiger partial charge in [0.15, 0.2) is 0 Å². The van der Waals surface area contributed by atoms with E-state index in [9.17, 15) is 0 Å². The quantitative estimate of drug-likeness (QED) is 0.792. The number of pyridine rings is 1. The summed E-state index contributed by atoms with van der Waals surface area (Å²) >= 11 is 0. The van der Waals surface area contributed by atoms with Crippen molar-refractivity contribution in [1.82, 2.24) is 4.98 Å². The van der Waals surface area contributed by atoms with Crippen molar-refractivity contribution in [3.63, 3.8) is 0 Å². The van der Waals surface area contributed by atoms with Gasteiger partial charge in [-0.05, 0) is 45.6 Å². The Balaban J connectivity index is 2.43. The van der Waals surface area contributed by atoms with Gasteiger partial charge < -0.3 is 10.6 Å². The average molecular weight is 268 g/mol. The van der Waals surface area contributed by atoms with E-state index in [1.165, 1.54) is 0 Å². The molecule has 1 aromatic rings. The van der Waals surface area contributed by atoms with Crippen molar-refractivity contribution in [3.8, 4) is 17.9 Å². The molecule has 4 nitrogen and oxygen atoms in total. The van der Waals surface area contributed by atoms with E-state index >= 15 is 0 Å². The van der Waals surface area contributed by atoms with Gasteiger partial charge in [0.1, 0.15) is 11.1 Å². The van der Waals surface area contributed by atoms with E-state index in [4.69, 9.17) is 11.0 Å². The van der Waals surface area contributed by atoms with Crippen LogP contribution in [0.2, 0.25) is 0 Å². The molecule has 0 radical (unpaired) electrons. The highest BCUT2D eigenvalue weighted by Gasteiger charge is 2.22. The molecule has 0 fully saturated rings. The number of anilines is 1. The molecular weight excluding hydrogens is 248 g/mol. The minimum absolute atomic E-state index is 0.0205. The minimum atomic E-state index is -0.653. The highest BCUT2D eigenvalue weighted by atomic mass is 15.2. The Bertz CT molecular complexity index is 599. The molecule has 0 aromatic carbocycles. The van der Waals surface area contributed by atoms with Gasteiger partial charge in [0.05, 0.1) is 12.2 Å². The van der Waals surface area contributed by atoms with Crippen molar-refractivity contribution < 1.29 is 0 Å². The molecular formula is C16H20N4. The lowest BCUT2D eigenvalue weighted by molar-refractivity contribution is 0.606. The molecule has 1 aliphatic heterocycles. The van der Waals surface area contributed by atoms with Crippen LogP contribution < -0.4 is 10.6 Å². The number of hydrogen-bond donors (Lipinski definition) is 1. The van der Waals surface area contributed by atoms with Crippen LogP contribution in [0.4, 0.5) is 5.69 Å². The molecule has 0 saturated heterocycles. The molecule has 1 aliphatic rings. The summed E-state index contributed by atoms with van der Waals surface area (Å²) in [4.78, 5) is 6.55. The second-order valence-corrected chi connectivity index (χ2v) is 5.68. The number of hydrogen-bond acceptors (Lipinski definition) is 4. The van der Waals surface area contributed by atoms with Crippen molar-refractivity contribution in [1.29, 1.82) is 5.26 Å². The van der Waals surface area contributed by atoms with Crippen LogP contribution in [0.3, 0.4) is 0 Å². The largest absolute Gasteiger partial charge is 0.356 e. The van der Waals surface area contributed by atoms with E-state index in [2.05, 4.69) is 27.8 Å². The Morgan fingerprint density at radius 2 is 2.25 bits per heavy atom. The molecule has 1 atom stereocenters. The Hall–Kier alpha value is -2.04. The molecule has 0 saturated carbocycles. The van der Waals surface area contributed by atoms with Crippen molar-refractivity contribution in [2.75, 3.05) is 11.4 Å². The summed E-state index contributed by atoms with van der Waals surface area (Å²) in [6.07, 6.45) is 3.76. The fourth-order valence-corrected chi connectivity index (χ4v) is 2.32. The van der Waals surface area contributed by atoms with Crippen LogP contribution in [0.15, 0.2) is 12.3 Å². The first-order valence-corrected chi connectivity index (χ1v) is 6.89. The first-order valence-electron chi connectivity index (χ1n) is 6.89. The molecule has 4 heteroatoms. The lowest BCUT2D eigenvalue weighted by Gasteiger charge is -2.34. The second kappa shape index (κ2) is 5.53. The summed E-state index contributed by atoms with van der Waals surface area (Å²) in [6, 6.07) is 4.19. The van der Waals surface area contributed by atoms with Gasteiger partial charge in [0.2, 0.25) is 0 Å². The molecule has 2 rings (SSSR count). The van der Waals surface area contributed by atoms with Crippen LogP contribution in [0.5, 0.6) is 0 Å². The van der Waals surface area contributed by atoms with E-state index in [0.717, 1.165) is 36.3 Å². The first kappa shape index (κ1) is 14.4. The first-order chi connectivity index (χ1) is 9.44. The van der Waals surface area contributed by atoms with Gasteiger partial charge in [0.25, 0.3) is 0 Å². The molecule has 104 valence electrons. The van der Waals surface area contributed by atoms with Crippen LogP contribution in [0.25, 0.3) is 0 Å². The summed E-state index contributed by atoms with van der Waals surface area (Å²) < 4.78 is 0. The summed E-state index contributed by atoms with van der Waals surface area (Å²) in [7, 11) is 0. The molecule has 1 unspecified atom stereocenters. The number of nitrogens with two attached hydrogens (primary N) is 1. The van der Waals surface area contributed by atoms with Gasteiger partial charge in [-0.25, -0.2) is 4.98 Å². The third-order valence-corrected chi connectivity index (χ3v) is 3.43. The standard InChI is InChI=1S/C16H20N4/c1-12(18)20-10-4-5-13-14(19-9-7-15(13)20)6-8-16(2,3)11-17/h7,9,12H,4-5,10,18H2,1-3H3. The predicted molar refractivity (Wildman–Crippen MR) is 79.8 cm³/mol. The highest BCUT2D eigenvalue weighted by molar-refractivity contribution is 5.60. The molecule has 0 aliphatic carbocycles. The topological polar surface area (TPSA) is 65.9 Å². The van der Waals surface area contributed by atoms with E-state index in [-0.39, 0.29) is 6.17 Å². The molecule has 0 amide bonds. The Morgan fingerprint density at radius 3 is 2.90 bits per heavy atom. The Kier molecular flexibility index (Phi) is 3.97. The van der Waals surface area contributed by atoms with Gasteiger partial charge >= 0.3 is 0 Å². The maximum Gasteiger partial charge on any atom is 0.118 e. The number of rotatable bonds is 1. The maximum atomic E-state index is 9.03. The molecule has 20 heavy (non-hydrogen) atoms. The molecule has 1 aromatic heterocycles. The lowest BCUT2D eigenvalue weighted by atomic mass is 9.95. The second-order valence-electron chi connectivity index (χ2n) is 5.68. The Labute approximate surface area is 120 Å². The molecule has 2 N–H and O–H groups in total. The zero-order chi connectivity index (χ0) is 14.8. The summed E-state index contributed by atoms with van der Waals surface area (Å²) in [6.45, 7) is 6.57. The maximum absolute atomic E-state index is 9.03. The van der Waals surface area contributed by atoms with E-state index in [1.54, 1.807) is 6.20 Å². The van der Waals surface area contributed by atoms with Crippen molar-refractivity contribution in [2.45, 2.75) is 39.8 Å². The predicted octanol–water partition coefficient (Wildman–Crippen LogP) is 2.04. The van der Waals surface area contributed by atoms with Gasteiger partial charge in [0, 0.05) is 24.0 Å².